The standard InChI is InChI=1S/C12H13NO4S/c1-17-12(14)5-6-18(15,16)9-11-4-2-3-10(7-11)8-13/h2-4,7H,5-6,9H2,1H3. The van der Waals surface area contributed by atoms with Gasteiger partial charge in [0.1, 0.15) is 0 Å². The maximum absolute atomic E-state index is 11.7. The van der Waals surface area contributed by atoms with Gasteiger partial charge in [-0.2, -0.15) is 5.26 Å². The summed E-state index contributed by atoms with van der Waals surface area (Å²) < 4.78 is 27.8. The van der Waals surface area contributed by atoms with Gasteiger partial charge in [-0.05, 0) is 17.7 Å². The van der Waals surface area contributed by atoms with Gasteiger partial charge in [-0.1, -0.05) is 12.1 Å². The zero-order valence-electron chi connectivity index (χ0n) is 9.92. The first kappa shape index (κ1) is 14.2. The summed E-state index contributed by atoms with van der Waals surface area (Å²) in [7, 11) is -2.16. The molecule has 1 aromatic carbocycles. The Kier molecular flexibility index (Phi) is 4.86. The van der Waals surface area contributed by atoms with Crippen molar-refractivity contribution >= 4 is 15.8 Å². The predicted octanol–water partition coefficient (Wildman–Crippen LogP) is 1.04. The quantitative estimate of drug-likeness (QED) is 0.744. The van der Waals surface area contributed by atoms with Gasteiger partial charge in [0.2, 0.25) is 0 Å². The molecule has 5 nitrogen and oxygen atoms in total. The van der Waals surface area contributed by atoms with Gasteiger partial charge in [-0.25, -0.2) is 8.42 Å². The number of nitrogens with zero attached hydrogens (tertiary/aromatic N) is 1. The maximum atomic E-state index is 11.7. The fourth-order valence-electron chi connectivity index (χ4n) is 1.40. The van der Waals surface area contributed by atoms with Crippen LogP contribution in [0.15, 0.2) is 24.3 Å². The summed E-state index contributed by atoms with van der Waals surface area (Å²) in [4.78, 5) is 10.9. The van der Waals surface area contributed by atoms with E-state index in [0.29, 0.717) is 11.1 Å². The molecule has 0 fully saturated rings. The lowest BCUT2D eigenvalue weighted by Crippen LogP contribution is -2.14. The molecule has 18 heavy (non-hydrogen) atoms. The average molecular weight is 267 g/mol. The highest BCUT2D eigenvalue weighted by Gasteiger charge is 2.15. The monoisotopic (exact) mass is 267 g/mol. The lowest BCUT2D eigenvalue weighted by atomic mass is 10.2. The highest BCUT2D eigenvalue weighted by atomic mass is 32.2. The van der Waals surface area contributed by atoms with Crippen molar-refractivity contribution in [1.82, 2.24) is 0 Å². The minimum absolute atomic E-state index is 0.156. The van der Waals surface area contributed by atoms with Crippen molar-refractivity contribution in [3.8, 4) is 6.07 Å². The highest BCUT2D eigenvalue weighted by molar-refractivity contribution is 7.90. The van der Waals surface area contributed by atoms with E-state index in [1.165, 1.54) is 13.2 Å². The number of nitriles is 1. The fraction of sp³-hybridized carbons (Fsp3) is 0.333. The van der Waals surface area contributed by atoms with Crippen LogP contribution >= 0.6 is 0 Å². The Balaban J connectivity index is 2.71. The lowest BCUT2D eigenvalue weighted by Gasteiger charge is -2.04. The van der Waals surface area contributed by atoms with Crippen molar-refractivity contribution in [3.63, 3.8) is 0 Å². The Morgan fingerprint density at radius 3 is 2.78 bits per heavy atom. The minimum Gasteiger partial charge on any atom is -0.469 e. The SMILES string of the molecule is COC(=O)CCS(=O)(=O)Cc1cccc(C#N)c1. The molecule has 0 saturated heterocycles. The fourth-order valence-corrected chi connectivity index (χ4v) is 2.71. The van der Waals surface area contributed by atoms with Gasteiger partial charge < -0.3 is 4.74 Å². The van der Waals surface area contributed by atoms with Crippen LogP contribution in [0.1, 0.15) is 17.5 Å². The van der Waals surface area contributed by atoms with Crippen LogP contribution in [0.5, 0.6) is 0 Å². The highest BCUT2D eigenvalue weighted by Crippen LogP contribution is 2.10. The van der Waals surface area contributed by atoms with Crippen molar-refractivity contribution in [1.29, 1.82) is 5.26 Å². The number of benzene rings is 1. The molecule has 0 aliphatic heterocycles. The summed E-state index contributed by atoms with van der Waals surface area (Å²) in [6, 6.07) is 8.33. The van der Waals surface area contributed by atoms with Gasteiger partial charge in [0.05, 0.1) is 36.7 Å². The van der Waals surface area contributed by atoms with Crippen molar-refractivity contribution in [2.75, 3.05) is 12.9 Å². The number of hydrogen-bond donors (Lipinski definition) is 0. The van der Waals surface area contributed by atoms with Crippen LogP contribution < -0.4 is 0 Å². The van der Waals surface area contributed by atoms with Crippen LogP contribution in [-0.2, 0) is 25.1 Å². The van der Waals surface area contributed by atoms with E-state index in [0.717, 1.165) is 0 Å². The number of rotatable bonds is 5. The molecule has 0 saturated carbocycles. The van der Waals surface area contributed by atoms with Crippen LogP contribution in [0.25, 0.3) is 0 Å². The summed E-state index contributed by atoms with van der Waals surface area (Å²) in [5, 5.41) is 8.71. The van der Waals surface area contributed by atoms with Gasteiger partial charge in [-0.15, -0.1) is 0 Å². The normalized spacial score (nSPS) is 10.7. The molecule has 0 atom stereocenters. The third-order valence-electron chi connectivity index (χ3n) is 2.29. The van der Waals surface area contributed by atoms with E-state index in [-0.39, 0.29) is 17.9 Å². The molecule has 1 aromatic rings. The average Bonchev–Trinajstić information content (AvgIpc) is 2.35. The first-order chi connectivity index (χ1) is 8.46. The van der Waals surface area contributed by atoms with E-state index in [9.17, 15) is 13.2 Å². The summed E-state index contributed by atoms with van der Waals surface area (Å²) in [5.74, 6) is -0.986. The summed E-state index contributed by atoms with van der Waals surface area (Å²) in [6.07, 6.45) is -0.156. The second-order valence-electron chi connectivity index (χ2n) is 3.73. The zero-order valence-corrected chi connectivity index (χ0v) is 10.7. The molecule has 0 radical (unpaired) electrons. The first-order valence-electron chi connectivity index (χ1n) is 5.23. The zero-order chi connectivity index (χ0) is 13.6. The molecular formula is C12H13NO4S. The van der Waals surface area contributed by atoms with Gasteiger partial charge in [0.15, 0.2) is 9.84 Å². The molecule has 0 aromatic heterocycles. The van der Waals surface area contributed by atoms with E-state index >= 15 is 0 Å². The number of carbonyl (C=O) groups excluding carboxylic acids is 1. The molecule has 0 amide bonds. The second-order valence-corrected chi connectivity index (χ2v) is 5.91. The molecule has 0 aliphatic carbocycles. The van der Waals surface area contributed by atoms with Crippen LogP contribution in [0, 0.1) is 11.3 Å². The number of carbonyl (C=O) groups is 1. The predicted molar refractivity (Wildman–Crippen MR) is 65.3 cm³/mol. The van der Waals surface area contributed by atoms with Crippen molar-refractivity contribution in [2.45, 2.75) is 12.2 Å². The van der Waals surface area contributed by atoms with Gasteiger partial charge in [-0.3, -0.25) is 4.79 Å². The first-order valence-corrected chi connectivity index (χ1v) is 7.05. The molecule has 0 bridgehead atoms. The number of methoxy groups -OCH3 is 1. The maximum Gasteiger partial charge on any atom is 0.306 e. The molecule has 0 N–H and O–H groups in total. The van der Waals surface area contributed by atoms with Crippen LogP contribution in [-0.4, -0.2) is 27.2 Å². The Morgan fingerprint density at radius 2 is 2.17 bits per heavy atom. The van der Waals surface area contributed by atoms with E-state index in [2.05, 4.69) is 4.74 Å². The summed E-state index contributed by atoms with van der Waals surface area (Å²) in [5.41, 5.74) is 0.953. The van der Waals surface area contributed by atoms with Crippen molar-refractivity contribution in [2.24, 2.45) is 0 Å². The Labute approximate surface area is 106 Å². The van der Waals surface area contributed by atoms with Gasteiger partial charge in [0.25, 0.3) is 0 Å². The second kappa shape index (κ2) is 6.17. The summed E-state index contributed by atoms with van der Waals surface area (Å²) in [6.45, 7) is 0. The van der Waals surface area contributed by atoms with Crippen molar-refractivity contribution < 1.29 is 17.9 Å². The molecule has 96 valence electrons. The lowest BCUT2D eigenvalue weighted by molar-refractivity contribution is -0.140. The van der Waals surface area contributed by atoms with E-state index in [1.807, 2.05) is 6.07 Å². The molecule has 0 unspecified atom stereocenters. The van der Waals surface area contributed by atoms with Gasteiger partial charge in [0, 0.05) is 0 Å². The van der Waals surface area contributed by atoms with E-state index in [1.54, 1.807) is 18.2 Å². The number of hydrogen-bond acceptors (Lipinski definition) is 5. The van der Waals surface area contributed by atoms with Crippen LogP contribution in [0.3, 0.4) is 0 Å². The van der Waals surface area contributed by atoms with Gasteiger partial charge >= 0.3 is 5.97 Å². The smallest absolute Gasteiger partial charge is 0.306 e. The van der Waals surface area contributed by atoms with Crippen LogP contribution in [0.2, 0.25) is 0 Å². The largest absolute Gasteiger partial charge is 0.469 e. The number of esters is 1. The van der Waals surface area contributed by atoms with Crippen molar-refractivity contribution in [3.05, 3.63) is 35.4 Å². The molecule has 6 heteroatoms. The molecule has 0 heterocycles. The topological polar surface area (TPSA) is 84.2 Å². The third kappa shape index (κ3) is 4.55. The Bertz CT molecular complexity index is 572. The molecule has 0 aliphatic rings. The molecular weight excluding hydrogens is 254 g/mol. The number of sulfone groups is 1. The van der Waals surface area contributed by atoms with E-state index < -0.39 is 15.8 Å². The molecule has 0 spiro atoms. The summed E-state index contributed by atoms with van der Waals surface area (Å²) >= 11 is 0. The Morgan fingerprint density at radius 1 is 1.44 bits per heavy atom. The minimum atomic E-state index is -3.38. The van der Waals surface area contributed by atoms with E-state index in [4.69, 9.17) is 5.26 Å². The van der Waals surface area contributed by atoms with Crippen LogP contribution in [0.4, 0.5) is 0 Å². The third-order valence-corrected chi connectivity index (χ3v) is 3.89. The Hall–Kier alpha value is -1.87. The molecule has 1 rings (SSSR count). The number of ether oxygens (including phenoxy) is 1.